The molecule has 0 saturated heterocycles. The normalized spacial score (nSPS) is 9.74. The Kier molecular flexibility index (Phi) is 6.44. The van der Waals surface area contributed by atoms with E-state index in [9.17, 15) is 9.59 Å². The molecule has 0 fully saturated rings. The van der Waals surface area contributed by atoms with Crippen molar-refractivity contribution < 1.29 is 9.59 Å². The number of carbonyl (C=O) groups excluding carboxylic acids is 2. The Balaban J connectivity index is 2.43. The fraction of sp³-hybridized carbons (Fsp3) is 0.167. The van der Waals surface area contributed by atoms with E-state index in [2.05, 4.69) is 33.1 Å². The number of urea groups is 1. The van der Waals surface area contributed by atoms with Crippen LogP contribution in [0, 0.1) is 0 Å². The van der Waals surface area contributed by atoms with Gasteiger partial charge < -0.3 is 11.1 Å². The average Bonchev–Trinajstić information content (AvgIpc) is 2.37. The highest BCUT2D eigenvalue weighted by atomic mass is 79.9. The molecule has 0 radical (unpaired) electrons. The Hall–Kier alpha value is -1.47. The summed E-state index contributed by atoms with van der Waals surface area (Å²) in [5, 5.41) is 4.66. The van der Waals surface area contributed by atoms with E-state index in [1.165, 1.54) is 17.8 Å². The smallest absolute Gasteiger partial charge is 0.321 e. The van der Waals surface area contributed by atoms with Gasteiger partial charge in [0.15, 0.2) is 0 Å². The van der Waals surface area contributed by atoms with E-state index in [0.717, 1.165) is 9.37 Å². The molecule has 0 unspecified atom stereocenters. The molecule has 0 aliphatic carbocycles. The van der Waals surface area contributed by atoms with Crippen molar-refractivity contribution in [3.8, 4) is 0 Å². The van der Waals surface area contributed by atoms with Gasteiger partial charge >= 0.3 is 6.03 Å². The third kappa shape index (κ3) is 5.80. The molecule has 1 rings (SSSR count). The van der Waals surface area contributed by atoms with Crippen LogP contribution in [0.2, 0.25) is 0 Å². The van der Waals surface area contributed by atoms with Crippen LogP contribution in [0.1, 0.15) is 0 Å². The van der Waals surface area contributed by atoms with Crippen molar-refractivity contribution in [1.82, 2.24) is 10.6 Å². The largest absolute Gasteiger partial charge is 0.398 e. The van der Waals surface area contributed by atoms with Gasteiger partial charge in [-0.25, -0.2) is 4.79 Å². The molecule has 4 N–H and O–H groups in total. The number of hydrogen-bond acceptors (Lipinski definition) is 4. The fourth-order valence-corrected chi connectivity index (χ4v) is 2.46. The molecule has 0 saturated carbocycles. The van der Waals surface area contributed by atoms with E-state index in [0.29, 0.717) is 12.2 Å². The standard InChI is InChI=1S/C12H14BrN3O2S/c1-2-5-15-12(18)16-11(17)7-19-10-6-8(13)3-4-9(10)14/h2-4,6H,1,5,7,14H2,(H2,15,16,17,18). The molecule has 5 nitrogen and oxygen atoms in total. The zero-order chi connectivity index (χ0) is 14.3. The molecular weight excluding hydrogens is 330 g/mol. The summed E-state index contributed by atoms with van der Waals surface area (Å²) in [7, 11) is 0. The van der Waals surface area contributed by atoms with Gasteiger partial charge in [-0.05, 0) is 18.2 Å². The van der Waals surface area contributed by atoms with E-state index >= 15 is 0 Å². The van der Waals surface area contributed by atoms with Crippen LogP contribution in [0.15, 0.2) is 40.2 Å². The zero-order valence-electron chi connectivity index (χ0n) is 10.1. The summed E-state index contributed by atoms with van der Waals surface area (Å²) in [6.07, 6.45) is 1.53. The van der Waals surface area contributed by atoms with Crippen LogP contribution in [0.3, 0.4) is 0 Å². The van der Waals surface area contributed by atoms with E-state index < -0.39 is 6.03 Å². The number of halogens is 1. The Morgan fingerprint density at radius 2 is 2.21 bits per heavy atom. The molecule has 0 aromatic heterocycles. The lowest BCUT2D eigenvalue weighted by Gasteiger charge is -2.07. The third-order valence-electron chi connectivity index (χ3n) is 1.99. The lowest BCUT2D eigenvalue weighted by atomic mass is 10.3. The zero-order valence-corrected chi connectivity index (χ0v) is 12.5. The number of nitrogens with one attached hydrogen (secondary N) is 2. The first kappa shape index (κ1) is 15.6. The van der Waals surface area contributed by atoms with Gasteiger partial charge in [0, 0.05) is 21.6 Å². The molecule has 0 aliphatic heterocycles. The third-order valence-corrected chi connectivity index (χ3v) is 3.56. The Bertz CT molecular complexity index is 494. The average molecular weight is 344 g/mol. The molecule has 19 heavy (non-hydrogen) atoms. The topological polar surface area (TPSA) is 84.2 Å². The first-order valence-electron chi connectivity index (χ1n) is 5.39. The number of nitrogen functional groups attached to an aromatic ring is 1. The van der Waals surface area contributed by atoms with Crippen molar-refractivity contribution in [2.75, 3.05) is 18.0 Å². The number of amides is 3. The summed E-state index contributed by atoms with van der Waals surface area (Å²) in [4.78, 5) is 23.5. The molecule has 0 spiro atoms. The van der Waals surface area contributed by atoms with Gasteiger partial charge in [0.05, 0.1) is 5.75 Å². The SMILES string of the molecule is C=CCNC(=O)NC(=O)CSc1cc(Br)ccc1N. The van der Waals surface area contributed by atoms with Crippen molar-refractivity contribution in [1.29, 1.82) is 0 Å². The maximum Gasteiger partial charge on any atom is 0.321 e. The second kappa shape index (κ2) is 7.85. The van der Waals surface area contributed by atoms with Crippen LogP contribution in [0.4, 0.5) is 10.5 Å². The Labute approximate surface area is 124 Å². The minimum absolute atomic E-state index is 0.113. The first-order valence-corrected chi connectivity index (χ1v) is 7.17. The lowest BCUT2D eigenvalue weighted by Crippen LogP contribution is -2.40. The summed E-state index contributed by atoms with van der Waals surface area (Å²) in [5.74, 6) is -0.270. The van der Waals surface area contributed by atoms with Crippen molar-refractivity contribution >= 4 is 45.3 Å². The predicted octanol–water partition coefficient (Wildman–Crippen LogP) is 2.14. The molecule has 0 aliphatic rings. The fourth-order valence-electron chi connectivity index (χ4n) is 1.15. The van der Waals surface area contributed by atoms with Crippen LogP contribution in [-0.2, 0) is 4.79 Å². The summed E-state index contributed by atoms with van der Waals surface area (Å²) in [6, 6.07) is 4.86. The number of rotatable bonds is 5. The Morgan fingerprint density at radius 1 is 1.47 bits per heavy atom. The molecule has 3 amide bonds. The molecule has 0 bridgehead atoms. The number of imide groups is 1. The number of nitrogens with two attached hydrogens (primary N) is 1. The van der Waals surface area contributed by atoms with Crippen molar-refractivity contribution in [3.63, 3.8) is 0 Å². The second-order valence-electron chi connectivity index (χ2n) is 3.52. The van der Waals surface area contributed by atoms with E-state index in [1.807, 2.05) is 12.1 Å². The summed E-state index contributed by atoms with van der Waals surface area (Å²) < 4.78 is 0.883. The number of anilines is 1. The summed E-state index contributed by atoms with van der Waals surface area (Å²) in [5.41, 5.74) is 6.37. The van der Waals surface area contributed by atoms with Gasteiger partial charge in [0.1, 0.15) is 0 Å². The minimum Gasteiger partial charge on any atom is -0.398 e. The van der Waals surface area contributed by atoms with Crippen LogP contribution in [0.5, 0.6) is 0 Å². The van der Waals surface area contributed by atoms with Crippen LogP contribution in [-0.4, -0.2) is 24.2 Å². The molecule has 7 heteroatoms. The van der Waals surface area contributed by atoms with Crippen LogP contribution in [0.25, 0.3) is 0 Å². The lowest BCUT2D eigenvalue weighted by molar-refractivity contribution is -0.117. The minimum atomic E-state index is -0.535. The molecule has 1 aromatic carbocycles. The first-order chi connectivity index (χ1) is 9.02. The highest BCUT2D eigenvalue weighted by Gasteiger charge is 2.09. The van der Waals surface area contributed by atoms with Crippen molar-refractivity contribution in [3.05, 3.63) is 35.3 Å². The van der Waals surface area contributed by atoms with Crippen LogP contribution < -0.4 is 16.4 Å². The molecule has 0 atom stereocenters. The van der Waals surface area contributed by atoms with Gasteiger partial charge in [-0.2, -0.15) is 0 Å². The van der Waals surface area contributed by atoms with Gasteiger partial charge in [-0.3, -0.25) is 10.1 Å². The molecule has 102 valence electrons. The molecular formula is C12H14BrN3O2S. The number of thioether (sulfide) groups is 1. The second-order valence-corrected chi connectivity index (χ2v) is 5.45. The van der Waals surface area contributed by atoms with Crippen molar-refractivity contribution in [2.45, 2.75) is 4.90 Å². The maximum atomic E-state index is 11.5. The molecule has 1 aromatic rings. The van der Waals surface area contributed by atoms with E-state index in [-0.39, 0.29) is 11.7 Å². The van der Waals surface area contributed by atoms with Gasteiger partial charge in [-0.15, -0.1) is 18.3 Å². The predicted molar refractivity (Wildman–Crippen MR) is 81.0 cm³/mol. The van der Waals surface area contributed by atoms with Crippen LogP contribution >= 0.6 is 27.7 Å². The van der Waals surface area contributed by atoms with Gasteiger partial charge in [0.25, 0.3) is 0 Å². The quantitative estimate of drug-likeness (QED) is 0.434. The van der Waals surface area contributed by atoms with Crippen molar-refractivity contribution in [2.24, 2.45) is 0 Å². The maximum absolute atomic E-state index is 11.5. The highest BCUT2D eigenvalue weighted by Crippen LogP contribution is 2.27. The van der Waals surface area contributed by atoms with Gasteiger partial charge in [0.2, 0.25) is 5.91 Å². The number of benzene rings is 1. The highest BCUT2D eigenvalue weighted by molar-refractivity contribution is 9.10. The molecule has 0 heterocycles. The van der Waals surface area contributed by atoms with E-state index in [1.54, 1.807) is 6.07 Å². The summed E-state index contributed by atoms with van der Waals surface area (Å²) in [6.45, 7) is 3.77. The Morgan fingerprint density at radius 3 is 2.89 bits per heavy atom. The number of carbonyl (C=O) groups is 2. The monoisotopic (exact) mass is 343 g/mol. The number of hydrogen-bond donors (Lipinski definition) is 3. The summed E-state index contributed by atoms with van der Waals surface area (Å²) >= 11 is 4.60. The van der Waals surface area contributed by atoms with Gasteiger partial charge in [-0.1, -0.05) is 22.0 Å². The van der Waals surface area contributed by atoms with E-state index in [4.69, 9.17) is 5.73 Å².